The first-order valence-corrected chi connectivity index (χ1v) is 4.79. The van der Waals surface area contributed by atoms with E-state index in [4.69, 9.17) is 0 Å². The second-order valence-corrected chi connectivity index (χ2v) is 3.14. The fourth-order valence-electron chi connectivity index (χ4n) is 1.10. The minimum Gasteiger partial charge on any atom is -0.459 e. The van der Waals surface area contributed by atoms with Crippen LogP contribution in [0.4, 0.5) is 10.1 Å². The number of carbonyl (C=O) groups excluding carboxylic acids is 2. The molecular formula is C11H12FNO3. The molecule has 1 rings (SSSR count). The van der Waals surface area contributed by atoms with Gasteiger partial charge in [-0.2, -0.15) is 0 Å². The van der Waals surface area contributed by atoms with Gasteiger partial charge in [0.25, 0.3) is 0 Å². The van der Waals surface area contributed by atoms with Gasteiger partial charge in [0.1, 0.15) is 5.82 Å². The number of ether oxygens (including phenoxy) is 1. The van der Waals surface area contributed by atoms with Gasteiger partial charge >= 0.3 is 11.9 Å². The Morgan fingerprint density at radius 1 is 1.44 bits per heavy atom. The molecule has 0 saturated heterocycles. The van der Waals surface area contributed by atoms with Crippen LogP contribution < -0.4 is 5.32 Å². The summed E-state index contributed by atoms with van der Waals surface area (Å²) in [6, 6.07) is 4.03. The quantitative estimate of drug-likeness (QED) is 0.614. The van der Waals surface area contributed by atoms with Gasteiger partial charge < -0.3 is 10.1 Å². The molecule has 1 aromatic carbocycles. The third-order valence-electron chi connectivity index (χ3n) is 1.88. The standard InChI is InChI=1S/C11H12FNO3/c1-3-16-11(15)10(14)13-8-4-5-9(12)7(2)6-8/h4-6H,3H2,1-2H3,(H,13,14). The predicted octanol–water partition coefficient (Wildman–Crippen LogP) is 1.64. The Kier molecular flexibility index (Phi) is 3.99. The van der Waals surface area contributed by atoms with Gasteiger partial charge in [-0.25, -0.2) is 9.18 Å². The normalized spacial score (nSPS) is 9.69. The van der Waals surface area contributed by atoms with Crippen LogP contribution in [0.25, 0.3) is 0 Å². The number of nitrogens with one attached hydrogen (secondary N) is 1. The second kappa shape index (κ2) is 5.25. The molecule has 0 unspecified atom stereocenters. The Balaban J connectivity index is 2.70. The number of amides is 1. The van der Waals surface area contributed by atoms with Crippen molar-refractivity contribution in [2.75, 3.05) is 11.9 Å². The lowest BCUT2D eigenvalue weighted by Crippen LogP contribution is -2.25. The maximum Gasteiger partial charge on any atom is 0.397 e. The summed E-state index contributed by atoms with van der Waals surface area (Å²) < 4.78 is 17.4. The summed E-state index contributed by atoms with van der Waals surface area (Å²) in [6.45, 7) is 3.30. The zero-order valence-corrected chi connectivity index (χ0v) is 9.04. The molecule has 86 valence electrons. The molecule has 0 aliphatic rings. The van der Waals surface area contributed by atoms with Crippen LogP contribution in [0.3, 0.4) is 0 Å². The molecule has 0 aliphatic carbocycles. The molecule has 0 atom stereocenters. The Morgan fingerprint density at radius 3 is 2.69 bits per heavy atom. The second-order valence-electron chi connectivity index (χ2n) is 3.14. The smallest absolute Gasteiger partial charge is 0.397 e. The number of hydrogen-bond acceptors (Lipinski definition) is 3. The van der Waals surface area contributed by atoms with Crippen LogP contribution in [-0.4, -0.2) is 18.5 Å². The van der Waals surface area contributed by atoms with Crippen molar-refractivity contribution in [3.05, 3.63) is 29.6 Å². The molecule has 0 spiro atoms. The van der Waals surface area contributed by atoms with E-state index in [-0.39, 0.29) is 12.4 Å². The lowest BCUT2D eigenvalue weighted by atomic mass is 10.2. The van der Waals surface area contributed by atoms with Gasteiger partial charge in [0.2, 0.25) is 0 Å². The topological polar surface area (TPSA) is 55.4 Å². The maximum absolute atomic E-state index is 12.9. The third-order valence-corrected chi connectivity index (χ3v) is 1.88. The van der Waals surface area contributed by atoms with E-state index in [1.165, 1.54) is 18.2 Å². The van der Waals surface area contributed by atoms with Crippen molar-refractivity contribution >= 4 is 17.6 Å². The number of anilines is 1. The van der Waals surface area contributed by atoms with Crippen molar-refractivity contribution in [3.63, 3.8) is 0 Å². The van der Waals surface area contributed by atoms with Gasteiger partial charge in [0.05, 0.1) is 6.61 Å². The number of aryl methyl sites for hydroxylation is 1. The largest absolute Gasteiger partial charge is 0.459 e. The van der Waals surface area contributed by atoms with E-state index in [1.807, 2.05) is 0 Å². The van der Waals surface area contributed by atoms with Gasteiger partial charge in [0.15, 0.2) is 0 Å². The molecule has 1 aromatic rings. The van der Waals surface area contributed by atoms with Crippen LogP contribution in [0.2, 0.25) is 0 Å². The highest BCUT2D eigenvalue weighted by Crippen LogP contribution is 2.13. The van der Waals surface area contributed by atoms with Gasteiger partial charge in [-0.15, -0.1) is 0 Å². The Labute approximate surface area is 92.4 Å². The highest BCUT2D eigenvalue weighted by atomic mass is 19.1. The van der Waals surface area contributed by atoms with Crippen molar-refractivity contribution in [3.8, 4) is 0 Å². The average molecular weight is 225 g/mol. The average Bonchev–Trinajstić information content (AvgIpc) is 2.24. The van der Waals surface area contributed by atoms with Crippen LogP contribution >= 0.6 is 0 Å². The summed E-state index contributed by atoms with van der Waals surface area (Å²) in [4.78, 5) is 22.2. The minimum atomic E-state index is -0.954. The number of rotatable bonds is 2. The lowest BCUT2D eigenvalue weighted by molar-refractivity contribution is -0.152. The first-order valence-electron chi connectivity index (χ1n) is 4.79. The molecule has 0 aromatic heterocycles. The van der Waals surface area contributed by atoms with E-state index in [0.717, 1.165) is 0 Å². The zero-order valence-electron chi connectivity index (χ0n) is 9.04. The van der Waals surface area contributed by atoms with Crippen molar-refractivity contribution in [1.82, 2.24) is 0 Å². The Morgan fingerprint density at radius 2 is 2.12 bits per heavy atom. The number of esters is 1. The molecule has 0 radical (unpaired) electrons. The molecule has 0 bridgehead atoms. The molecule has 5 heteroatoms. The number of carbonyl (C=O) groups is 2. The zero-order chi connectivity index (χ0) is 12.1. The molecule has 0 heterocycles. The fourth-order valence-corrected chi connectivity index (χ4v) is 1.10. The van der Waals surface area contributed by atoms with Crippen LogP contribution in [-0.2, 0) is 14.3 Å². The molecule has 16 heavy (non-hydrogen) atoms. The van der Waals surface area contributed by atoms with Gasteiger partial charge in [0, 0.05) is 5.69 Å². The molecule has 0 saturated carbocycles. The molecule has 4 nitrogen and oxygen atoms in total. The predicted molar refractivity (Wildman–Crippen MR) is 56.4 cm³/mol. The first kappa shape index (κ1) is 12.2. The monoisotopic (exact) mass is 225 g/mol. The van der Waals surface area contributed by atoms with E-state index in [9.17, 15) is 14.0 Å². The van der Waals surface area contributed by atoms with E-state index in [0.29, 0.717) is 11.3 Å². The summed E-state index contributed by atoms with van der Waals surface area (Å²) in [6.07, 6.45) is 0. The number of hydrogen-bond donors (Lipinski definition) is 1. The Bertz CT molecular complexity index is 418. The summed E-state index contributed by atoms with van der Waals surface area (Å²) in [5.41, 5.74) is 0.749. The van der Waals surface area contributed by atoms with E-state index in [2.05, 4.69) is 10.1 Å². The van der Waals surface area contributed by atoms with Crippen molar-refractivity contribution in [1.29, 1.82) is 0 Å². The first-order chi connectivity index (χ1) is 7.54. The highest BCUT2D eigenvalue weighted by molar-refractivity contribution is 6.37. The fraction of sp³-hybridized carbons (Fsp3) is 0.273. The van der Waals surface area contributed by atoms with Gasteiger partial charge in [-0.05, 0) is 37.6 Å². The molecular weight excluding hydrogens is 213 g/mol. The van der Waals surface area contributed by atoms with E-state index in [1.54, 1.807) is 13.8 Å². The highest BCUT2D eigenvalue weighted by Gasteiger charge is 2.14. The van der Waals surface area contributed by atoms with Crippen molar-refractivity contribution in [2.24, 2.45) is 0 Å². The summed E-state index contributed by atoms with van der Waals surface area (Å²) in [5, 5.41) is 2.31. The van der Waals surface area contributed by atoms with Crippen molar-refractivity contribution < 1.29 is 18.7 Å². The van der Waals surface area contributed by atoms with Crippen LogP contribution in [0.15, 0.2) is 18.2 Å². The maximum atomic E-state index is 12.9. The van der Waals surface area contributed by atoms with Crippen LogP contribution in [0, 0.1) is 12.7 Å². The minimum absolute atomic E-state index is 0.134. The summed E-state index contributed by atoms with van der Waals surface area (Å²) in [5.74, 6) is -2.19. The van der Waals surface area contributed by atoms with Gasteiger partial charge in [-0.3, -0.25) is 4.79 Å². The lowest BCUT2D eigenvalue weighted by Gasteiger charge is -2.05. The van der Waals surface area contributed by atoms with Crippen molar-refractivity contribution in [2.45, 2.75) is 13.8 Å². The summed E-state index contributed by atoms with van der Waals surface area (Å²) in [7, 11) is 0. The molecule has 1 N–H and O–H groups in total. The summed E-state index contributed by atoms with van der Waals surface area (Å²) >= 11 is 0. The van der Waals surface area contributed by atoms with Crippen LogP contribution in [0.5, 0.6) is 0 Å². The van der Waals surface area contributed by atoms with E-state index < -0.39 is 11.9 Å². The number of halogens is 1. The molecule has 0 fully saturated rings. The van der Waals surface area contributed by atoms with E-state index >= 15 is 0 Å². The molecule has 1 amide bonds. The SMILES string of the molecule is CCOC(=O)C(=O)Nc1ccc(F)c(C)c1. The van der Waals surface area contributed by atoms with Gasteiger partial charge in [-0.1, -0.05) is 0 Å². The number of benzene rings is 1. The molecule has 0 aliphatic heterocycles. The van der Waals surface area contributed by atoms with Crippen LogP contribution in [0.1, 0.15) is 12.5 Å². The Hall–Kier alpha value is -1.91. The third kappa shape index (κ3) is 3.05.